The molecule has 0 aromatic carbocycles. The molecule has 102 valence electrons. The van der Waals surface area contributed by atoms with Crippen LogP contribution in [0.1, 0.15) is 37.6 Å². The van der Waals surface area contributed by atoms with Gasteiger partial charge in [0.2, 0.25) is 0 Å². The van der Waals surface area contributed by atoms with Gasteiger partial charge in [-0.3, -0.25) is 4.68 Å². The van der Waals surface area contributed by atoms with E-state index < -0.39 is 0 Å². The van der Waals surface area contributed by atoms with E-state index in [0.717, 1.165) is 30.8 Å². The maximum atomic E-state index is 6.29. The van der Waals surface area contributed by atoms with Gasteiger partial charge in [0, 0.05) is 12.7 Å². The molecule has 0 aliphatic carbocycles. The molecule has 19 heavy (non-hydrogen) atoms. The molecule has 0 aliphatic rings. The second-order valence-corrected chi connectivity index (χ2v) is 4.66. The number of aryl methyl sites for hydroxylation is 1. The van der Waals surface area contributed by atoms with Crippen LogP contribution in [0, 0.1) is 0 Å². The SMILES string of the molecule is CCCNC(c1ccnnc1)c1c(Cl)cnn1CC. The highest BCUT2D eigenvalue weighted by Gasteiger charge is 2.21. The number of halogens is 1. The second-order valence-electron chi connectivity index (χ2n) is 4.26. The minimum atomic E-state index is -0.00889. The van der Waals surface area contributed by atoms with E-state index >= 15 is 0 Å². The predicted octanol–water partition coefficient (Wildman–Crippen LogP) is 2.44. The highest BCUT2D eigenvalue weighted by Crippen LogP contribution is 2.27. The molecule has 2 aromatic heterocycles. The molecule has 1 atom stereocenters. The second kappa shape index (κ2) is 6.63. The van der Waals surface area contributed by atoms with E-state index in [2.05, 4.69) is 34.5 Å². The fourth-order valence-corrected chi connectivity index (χ4v) is 2.29. The molecular weight excluding hydrogens is 262 g/mol. The van der Waals surface area contributed by atoms with E-state index in [0.29, 0.717) is 5.02 Å². The monoisotopic (exact) mass is 279 g/mol. The van der Waals surface area contributed by atoms with Gasteiger partial charge in [-0.05, 0) is 31.5 Å². The Morgan fingerprint density at radius 2 is 2.16 bits per heavy atom. The smallest absolute Gasteiger partial charge is 0.0837 e. The highest BCUT2D eigenvalue weighted by atomic mass is 35.5. The number of aromatic nitrogens is 4. The summed E-state index contributed by atoms with van der Waals surface area (Å²) in [7, 11) is 0. The van der Waals surface area contributed by atoms with Crippen LogP contribution in [0.3, 0.4) is 0 Å². The molecular formula is C13H18ClN5. The van der Waals surface area contributed by atoms with Crippen molar-refractivity contribution < 1.29 is 0 Å². The molecule has 6 heteroatoms. The quantitative estimate of drug-likeness (QED) is 0.882. The predicted molar refractivity (Wildman–Crippen MR) is 75.1 cm³/mol. The van der Waals surface area contributed by atoms with Crippen molar-refractivity contribution in [3.05, 3.63) is 40.9 Å². The van der Waals surface area contributed by atoms with Gasteiger partial charge in [-0.2, -0.15) is 15.3 Å². The van der Waals surface area contributed by atoms with Crippen LogP contribution in [-0.2, 0) is 6.54 Å². The molecule has 2 aromatic rings. The summed E-state index contributed by atoms with van der Waals surface area (Å²) in [6, 6.07) is 1.94. The van der Waals surface area contributed by atoms with Crippen LogP contribution in [0.4, 0.5) is 0 Å². The lowest BCUT2D eigenvalue weighted by molar-refractivity contribution is 0.528. The van der Waals surface area contributed by atoms with Crippen molar-refractivity contribution in [2.75, 3.05) is 6.54 Å². The Kier molecular flexibility index (Phi) is 4.87. The standard InChI is InChI=1S/C13H18ClN5/c1-3-6-15-12(10-5-7-16-17-8-10)13-11(14)9-18-19(13)4-2/h5,7-9,12,15H,3-4,6H2,1-2H3. The van der Waals surface area contributed by atoms with Crippen molar-refractivity contribution in [3.8, 4) is 0 Å². The Morgan fingerprint density at radius 3 is 2.79 bits per heavy atom. The van der Waals surface area contributed by atoms with Crippen molar-refractivity contribution in [1.29, 1.82) is 0 Å². The van der Waals surface area contributed by atoms with E-state index in [4.69, 9.17) is 11.6 Å². The third-order valence-corrected chi connectivity index (χ3v) is 3.24. The Bertz CT molecular complexity index is 511. The molecule has 0 aliphatic heterocycles. The molecule has 0 saturated carbocycles. The summed E-state index contributed by atoms with van der Waals surface area (Å²) in [5, 5.41) is 16.2. The summed E-state index contributed by atoms with van der Waals surface area (Å²) in [5.74, 6) is 0. The lowest BCUT2D eigenvalue weighted by atomic mass is 10.1. The highest BCUT2D eigenvalue weighted by molar-refractivity contribution is 6.31. The number of hydrogen-bond donors (Lipinski definition) is 1. The van der Waals surface area contributed by atoms with Gasteiger partial charge in [-0.1, -0.05) is 18.5 Å². The first kappa shape index (κ1) is 14.0. The van der Waals surface area contributed by atoms with Gasteiger partial charge < -0.3 is 5.32 Å². The van der Waals surface area contributed by atoms with Crippen molar-refractivity contribution in [1.82, 2.24) is 25.3 Å². The molecule has 0 fully saturated rings. The van der Waals surface area contributed by atoms with Gasteiger partial charge >= 0.3 is 0 Å². The van der Waals surface area contributed by atoms with Gasteiger partial charge in [0.15, 0.2) is 0 Å². The maximum Gasteiger partial charge on any atom is 0.0837 e. The van der Waals surface area contributed by atoms with Gasteiger partial charge in [-0.15, -0.1) is 0 Å². The van der Waals surface area contributed by atoms with Gasteiger partial charge in [-0.25, -0.2) is 0 Å². The summed E-state index contributed by atoms with van der Waals surface area (Å²) in [4.78, 5) is 0. The van der Waals surface area contributed by atoms with Crippen LogP contribution in [0.15, 0.2) is 24.7 Å². The van der Waals surface area contributed by atoms with Crippen LogP contribution in [-0.4, -0.2) is 26.5 Å². The van der Waals surface area contributed by atoms with Crippen LogP contribution in [0.5, 0.6) is 0 Å². The molecule has 0 amide bonds. The van der Waals surface area contributed by atoms with Gasteiger partial charge in [0.05, 0.1) is 29.2 Å². The first-order valence-corrected chi connectivity index (χ1v) is 6.86. The zero-order valence-electron chi connectivity index (χ0n) is 11.2. The molecule has 2 heterocycles. The Morgan fingerprint density at radius 1 is 1.32 bits per heavy atom. The van der Waals surface area contributed by atoms with Crippen molar-refractivity contribution in [2.24, 2.45) is 0 Å². The maximum absolute atomic E-state index is 6.29. The van der Waals surface area contributed by atoms with Gasteiger partial charge in [0.25, 0.3) is 0 Å². The normalized spacial score (nSPS) is 12.6. The Balaban J connectivity index is 2.40. The van der Waals surface area contributed by atoms with Crippen molar-refractivity contribution in [3.63, 3.8) is 0 Å². The molecule has 0 radical (unpaired) electrons. The van der Waals surface area contributed by atoms with Crippen LogP contribution >= 0.6 is 11.6 Å². The Labute approximate surface area is 118 Å². The molecule has 5 nitrogen and oxygen atoms in total. The minimum Gasteiger partial charge on any atom is -0.305 e. The molecule has 2 rings (SSSR count). The van der Waals surface area contributed by atoms with Crippen LogP contribution in [0.2, 0.25) is 5.02 Å². The summed E-state index contributed by atoms with van der Waals surface area (Å²) < 4.78 is 1.91. The molecule has 1 unspecified atom stereocenters. The molecule has 0 saturated heterocycles. The van der Waals surface area contributed by atoms with E-state index in [9.17, 15) is 0 Å². The number of nitrogens with zero attached hydrogens (tertiary/aromatic N) is 4. The van der Waals surface area contributed by atoms with E-state index in [1.807, 2.05) is 10.7 Å². The Hall–Kier alpha value is -1.46. The van der Waals surface area contributed by atoms with E-state index in [1.54, 1.807) is 18.6 Å². The van der Waals surface area contributed by atoms with Crippen LogP contribution < -0.4 is 5.32 Å². The third-order valence-electron chi connectivity index (χ3n) is 2.95. The summed E-state index contributed by atoms with van der Waals surface area (Å²) in [6.07, 6.45) is 6.19. The first-order chi connectivity index (χ1) is 9.27. The van der Waals surface area contributed by atoms with E-state index in [-0.39, 0.29) is 6.04 Å². The molecule has 0 spiro atoms. The lowest BCUT2D eigenvalue weighted by Gasteiger charge is -2.20. The molecule has 0 bridgehead atoms. The lowest BCUT2D eigenvalue weighted by Crippen LogP contribution is -2.26. The number of nitrogens with one attached hydrogen (secondary N) is 1. The van der Waals surface area contributed by atoms with Crippen molar-refractivity contribution in [2.45, 2.75) is 32.9 Å². The molecule has 1 N–H and O–H groups in total. The van der Waals surface area contributed by atoms with Crippen LogP contribution in [0.25, 0.3) is 0 Å². The van der Waals surface area contributed by atoms with Crippen molar-refractivity contribution >= 4 is 11.6 Å². The zero-order chi connectivity index (χ0) is 13.7. The number of rotatable bonds is 6. The summed E-state index contributed by atoms with van der Waals surface area (Å²) in [5.41, 5.74) is 2.02. The third kappa shape index (κ3) is 3.11. The largest absolute Gasteiger partial charge is 0.305 e. The number of hydrogen-bond acceptors (Lipinski definition) is 4. The average molecular weight is 280 g/mol. The first-order valence-electron chi connectivity index (χ1n) is 6.49. The fourth-order valence-electron chi connectivity index (χ4n) is 2.04. The summed E-state index contributed by atoms with van der Waals surface area (Å²) in [6.45, 7) is 5.87. The van der Waals surface area contributed by atoms with Gasteiger partial charge in [0.1, 0.15) is 0 Å². The fraction of sp³-hybridized carbons (Fsp3) is 0.462. The average Bonchev–Trinajstić information content (AvgIpc) is 2.82. The topological polar surface area (TPSA) is 55.6 Å². The minimum absolute atomic E-state index is 0.00889. The zero-order valence-corrected chi connectivity index (χ0v) is 11.9. The summed E-state index contributed by atoms with van der Waals surface area (Å²) >= 11 is 6.29. The van der Waals surface area contributed by atoms with E-state index in [1.165, 1.54) is 0 Å².